The van der Waals surface area contributed by atoms with Gasteiger partial charge in [0, 0.05) is 30.0 Å². The fraction of sp³-hybridized carbons (Fsp3) is 0.267. The second-order valence-electron chi connectivity index (χ2n) is 4.48. The third kappa shape index (κ3) is 3.31. The van der Waals surface area contributed by atoms with Gasteiger partial charge >= 0.3 is 0 Å². The molecule has 0 aliphatic carbocycles. The van der Waals surface area contributed by atoms with Crippen molar-refractivity contribution in [2.75, 3.05) is 0 Å². The molecule has 0 aliphatic heterocycles. The lowest BCUT2D eigenvalue weighted by Gasteiger charge is -2.14. The Hall–Kier alpha value is -1.38. The van der Waals surface area contributed by atoms with E-state index in [4.69, 9.17) is 11.6 Å². The molecule has 2 nitrogen and oxygen atoms in total. The number of pyridine rings is 1. The summed E-state index contributed by atoms with van der Waals surface area (Å²) in [7, 11) is 0. The Labute approximate surface area is 113 Å². The van der Waals surface area contributed by atoms with Gasteiger partial charge in [0.1, 0.15) is 0 Å². The highest BCUT2D eigenvalue weighted by Crippen LogP contribution is 2.19. The second-order valence-corrected chi connectivity index (χ2v) is 4.89. The molecule has 0 fully saturated rings. The minimum absolute atomic E-state index is 0.260. The topological polar surface area (TPSA) is 24.9 Å². The summed E-state index contributed by atoms with van der Waals surface area (Å²) in [4.78, 5) is 4.12. The van der Waals surface area contributed by atoms with Crippen LogP contribution in [0.1, 0.15) is 29.7 Å². The largest absolute Gasteiger partial charge is 0.306 e. The quantitative estimate of drug-likeness (QED) is 0.902. The molecule has 2 rings (SSSR count). The van der Waals surface area contributed by atoms with Gasteiger partial charge in [-0.1, -0.05) is 29.8 Å². The van der Waals surface area contributed by atoms with Crippen LogP contribution < -0.4 is 5.32 Å². The fourth-order valence-corrected chi connectivity index (χ4v) is 2.11. The molecule has 1 atom stereocenters. The van der Waals surface area contributed by atoms with Crippen LogP contribution in [-0.2, 0) is 6.54 Å². The molecule has 1 aromatic heterocycles. The van der Waals surface area contributed by atoms with E-state index in [9.17, 15) is 0 Å². The maximum Gasteiger partial charge on any atom is 0.0453 e. The third-order valence-corrected chi connectivity index (χ3v) is 3.34. The van der Waals surface area contributed by atoms with E-state index < -0.39 is 0 Å². The van der Waals surface area contributed by atoms with Gasteiger partial charge in [-0.25, -0.2) is 0 Å². The summed E-state index contributed by atoms with van der Waals surface area (Å²) in [5, 5.41) is 4.27. The lowest BCUT2D eigenvalue weighted by atomic mass is 10.1. The highest BCUT2D eigenvalue weighted by molar-refractivity contribution is 6.31. The molecule has 1 unspecified atom stereocenters. The van der Waals surface area contributed by atoms with Crippen molar-refractivity contribution in [3.8, 4) is 0 Å². The Morgan fingerprint density at radius 2 is 2.17 bits per heavy atom. The van der Waals surface area contributed by atoms with Crippen molar-refractivity contribution >= 4 is 11.6 Å². The summed E-state index contributed by atoms with van der Waals surface area (Å²) in [6, 6.07) is 10.4. The zero-order chi connectivity index (χ0) is 13.0. The molecule has 2 aromatic rings. The van der Waals surface area contributed by atoms with Gasteiger partial charge in [0.2, 0.25) is 0 Å². The van der Waals surface area contributed by atoms with E-state index in [1.54, 1.807) is 6.20 Å². The number of nitrogens with one attached hydrogen (secondary N) is 1. The van der Waals surface area contributed by atoms with Gasteiger partial charge in [-0.05, 0) is 42.7 Å². The maximum absolute atomic E-state index is 6.21. The van der Waals surface area contributed by atoms with Crippen LogP contribution in [0.3, 0.4) is 0 Å². The molecule has 94 valence electrons. The first-order chi connectivity index (χ1) is 8.66. The van der Waals surface area contributed by atoms with Crippen molar-refractivity contribution in [2.45, 2.75) is 26.4 Å². The molecule has 0 amide bonds. The van der Waals surface area contributed by atoms with Crippen LogP contribution in [0.5, 0.6) is 0 Å². The summed E-state index contributed by atoms with van der Waals surface area (Å²) in [5.74, 6) is 0. The van der Waals surface area contributed by atoms with Crippen molar-refractivity contribution in [2.24, 2.45) is 0 Å². The van der Waals surface area contributed by atoms with Gasteiger partial charge in [-0.2, -0.15) is 0 Å². The summed E-state index contributed by atoms with van der Waals surface area (Å²) in [5.41, 5.74) is 3.49. The monoisotopic (exact) mass is 260 g/mol. The highest BCUT2D eigenvalue weighted by Gasteiger charge is 2.06. The van der Waals surface area contributed by atoms with E-state index in [1.807, 2.05) is 25.3 Å². The fourth-order valence-electron chi connectivity index (χ4n) is 1.81. The van der Waals surface area contributed by atoms with Crippen LogP contribution in [0.15, 0.2) is 42.7 Å². The first kappa shape index (κ1) is 13.1. The molecule has 18 heavy (non-hydrogen) atoms. The number of benzene rings is 1. The summed E-state index contributed by atoms with van der Waals surface area (Å²) < 4.78 is 0. The van der Waals surface area contributed by atoms with Crippen LogP contribution in [0.4, 0.5) is 0 Å². The molecule has 1 N–H and O–H groups in total. The average Bonchev–Trinajstić information content (AvgIpc) is 2.38. The maximum atomic E-state index is 6.21. The van der Waals surface area contributed by atoms with Crippen LogP contribution in [0, 0.1) is 6.92 Å². The highest BCUT2D eigenvalue weighted by atomic mass is 35.5. The molecule has 0 aliphatic rings. The Balaban J connectivity index is 1.99. The van der Waals surface area contributed by atoms with Crippen molar-refractivity contribution in [1.82, 2.24) is 10.3 Å². The number of halogens is 1. The number of rotatable bonds is 4. The third-order valence-electron chi connectivity index (χ3n) is 2.99. The van der Waals surface area contributed by atoms with E-state index in [0.717, 1.165) is 17.1 Å². The molecule has 0 saturated heterocycles. The molecule has 0 bridgehead atoms. The van der Waals surface area contributed by atoms with Crippen LogP contribution in [-0.4, -0.2) is 4.98 Å². The number of aromatic nitrogens is 1. The minimum Gasteiger partial charge on any atom is -0.306 e. The Morgan fingerprint density at radius 3 is 2.83 bits per heavy atom. The van der Waals surface area contributed by atoms with E-state index in [1.165, 1.54) is 11.1 Å². The lowest BCUT2D eigenvalue weighted by Crippen LogP contribution is -2.18. The number of hydrogen-bond acceptors (Lipinski definition) is 2. The summed E-state index contributed by atoms with van der Waals surface area (Å²) in [6.45, 7) is 4.93. The van der Waals surface area contributed by atoms with E-state index in [-0.39, 0.29) is 6.04 Å². The minimum atomic E-state index is 0.260. The standard InChI is InChI=1S/C15H17ClN2/c1-11-5-6-14(15(16)8-11)10-18-12(2)13-4-3-7-17-9-13/h3-9,12,18H,10H2,1-2H3. The van der Waals surface area contributed by atoms with Gasteiger partial charge in [0.15, 0.2) is 0 Å². The zero-order valence-electron chi connectivity index (χ0n) is 10.7. The number of hydrogen-bond donors (Lipinski definition) is 1. The molecule has 0 radical (unpaired) electrons. The molecule has 0 spiro atoms. The molecular weight excluding hydrogens is 244 g/mol. The Kier molecular flexibility index (Phi) is 4.34. The van der Waals surface area contributed by atoms with Crippen molar-refractivity contribution < 1.29 is 0 Å². The second kappa shape index (κ2) is 5.98. The number of aryl methyl sites for hydroxylation is 1. The van der Waals surface area contributed by atoms with Crippen LogP contribution in [0.2, 0.25) is 5.02 Å². The summed E-state index contributed by atoms with van der Waals surface area (Å²) >= 11 is 6.21. The van der Waals surface area contributed by atoms with E-state index in [2.05, 4.69) is 35.4 Å². The van der Waals surface area contributed by atoms with Crippen molar-refractivity contribution in [3.05, 3.63) is 64.4 Å². The normalized spacial score (nSPS) is 12.4. The van der Waals surface area contributed by atoms with Gasteiger partial charge in [0.05, 0.1) is 0 Å². The lowest BCUT2D eigenvalue weighted by molar-refractivity contribution is 0.573. The van der Waals surface area contributed by atoms with Gasteiger partial charge < -0.3 is 5.32 Å². The van der Waals surface area contributed by atoms with Crippen LogP contribution in [0.25, 0.3) is 0 Å². The zero-order valence-corrected chi connectivity index (χ0v) is 11.4. The summed E-state index contributed by atoms with van der Waals surface area (Å²) in [6.07, 6.45) is 3.67. The predicted molar refractivity (Wildman–Crippen MR) is 75.7 cm³/mol. The Morgan fingerprint density at radius 1 is 1.33 bits per heavy atom. The molecule has 0 saturated carbocycles. The molecule has 1 heterocycles. The smallest absolute Gasteiger partial charge is 0.0453 e. The number of nitrogens with zero attached hydrogens (tertiary/aromatic N) is 1. The first-order valence-corrected chi connectivity index (χ1v) is 6.43. The average molecular weight is 261 g/mol. The van der Waals surface area contributed by atoms with Crippen LogP contribution >= 0.6 is 11.6 Å². The van der Waals surface area contributed by atoms with Crippen molar-refractivity contribution in [1.29, 1.82) is 0 Å². The van der Waals surface area contributed by atoms with Gasteiger partial charge in [-0.3, -0.25) is 4.98 Å². The first-order valence-electron chi connectivity index (χ1n) is 6.05. The Bertz CT molecular complexity index is 511. The van der Waals surface area contributed by atoms with Gasteiger partial charge in [0.25, 0.3) is 0 Å². The molecular formula is C15H17ClN2. The van der Waals surface area contributed by atoms with Crippen molar-refractivity contribution in [3.63, 3.8) is 0 Å². The van der Waals surface area contributed by atoms with Gasteiger partial charge in [-0.15, -0.1) is 0 Å². The molecule has 1 aromatic carbocycles. The predicted octanol–water partition coefficient (Wildman–Crippen LogP) is 3.89. The SMILES string of the molecule is Cc1ccc(CNC(C)c2cccnc2)c(Cl)c1. The van der Waals surface area contributed by atoms with E-state index >= 15 is 0 Å². The van der Waals surface area contributed by atoms with E-state index in [0.29, 0.717) is 0 Å². The molecule has 3 heteroatoms.